The highest BCUT2D eigenvalue weighted by molar-refractivity contribution is 5.98. The first-order valence-electron chi connectivity index (χ1n) is 7.90. The van der Waals surface area contributed by atoms with Crippen molar-refractivity contribution in [2.75, 3.05) is 11.4 Å². The number of alkyl halides is 1. The van der Waals surface area contributed by atoms with E-state index in [0.29, 0.717) is 18.7 Å². The summed E-state index contributed by atoms with van der Waals surface area (Å²) >= 11 is 0. The second-order valence-corrected chi connectivity index (χ2v) is 6.79. The molecule has 1 fully saturated rings. The lowest BCUT2D eigenvalue weighted by Gasteiger charge is -2.18. The molecule has 1 saturated heterocycles. The van der Waals surface area contributed by atoms with E-state index >= 15 is 0 Å². The number of aromatic nitrogens is 2. The summed E-state index contributed by atoms with van der Waals surface area (Å²) in [4.78, 5) is 14.6. The lowest BCUT2D eigenvalue weighted by atomic mass is 10.1. The Bertz CT molecular complexity index is 725. The Morgan fingerprint density at radius 1 is 1.22 bits per heavy atom. The minimum Gasteiger partial charge on any atom is -0.310 e. The molecule has 1 aromatic heterocycles. The van der Waals surface area contributed by atoms with Crippen molar-refractivity contribution >= 4 is 11.6 Å². The van der Waals surface area contributed by atoms with E-state index in [1.165, 1.54) is 13.8 Å². The Labute approximate surface area is 135 Å². The number of anilines is 1. The van der Waals surface area contributed by atoms with Gasteiger partial charge in [-0.15, -0.1) is 0 Å². The van der Waals surface area contributed by atoms with Crippen molar-refractivity contribution < 1.29 is 9.18 Å². The van der Waals surface area contributed by atoms with Gasteiger partial charge in [0.05, 0.1) is 5.69 Å². The van der Waals surface area contributed by atoms with E-state index in [1.807, 2.05) is 26.0 Å². The van der Waals surface area contributed by atoms with E-state index in [-0.39, 0.29) is 11.9 Å². The number of hydrogen-bond donors (Lipinski definition) is 0. The lowest BCUT2D eigenvalue weighted by molar-refractivity contribution is -0.120. The summed E-state index contributed by atoms with van der Waals surface area (Å²) in [6.07, 6.45) is 2.38. The first-order valence-corrected chi connectivity index (χ1v) is 7.90. The number of aryl methyl sites for hydroxylation is 2. The predicted octanol–water partition coefficient (Wildman–Crippen LogP) is 3.68. The molecule has 1 unspecified atom stereocenters. The van der Waals surface area contributed by atoms with Crippen molar-refractivity contribution in [3.8, 4) is 0 Å². The maximum atomic E-state index is 14.0. The van der Waals surface area contributed by atoms with Gasteiger partial charge in [0.25, 0.3) is 5.91 Å². The summed E-state index contributed by atoms with van der Waals surface area (Å²) < 4.78 is 15.6. The molecule has 1 aliphatic rings. The summed E-state index contributed by atoms with van der Waals surface area (Å²) in [6.45, 7) is 7.64. The summed E-state index contributed by atoms with van der Waals surface area (Å²) in [7, 11) is 0. The second-order valence-electron chi connectivity index (χ2n) is 6.79. The molecule has 23 heavy (non-hydrogen) atoms. The summed E-state index contributed by atoms with van der Waals surface area (Å²) in [5, 5.41) is 4.27. The van der Waals surface area contributed by atoms with Crippen LogP contribution >= 0.6 is 0 Å². The molecular formula is C18H22FN3O. The fraction of sp³-hybridized carbons (Fsp3) is 0.444. The quantitative estimate of drug-likeness (QED) is 0.866. The van der Waals surface area contributed by atoms with Crippen LogP contribution in [-0.4, -0.2) is 22.2 Å². The van der Waals surface area contributed by atoms with Crippen molar-refractivity contribution in [1.82, 2.24) is 9.78 Å². The van der Waals surface area contributed by atoms with Crippen molar-refractivity contribution in [1.29, 1.82) is 0 Å². The molecule has 1 aromatic carbocycles. The van der Waals surface area contributed by atoms with Crippen LogP contribution in [0.2, 0.25) is 0 Å². The van der Waals surface area contributed by atoms with Crippen LogP contribution in [0.4, 0.5) is 10.1 Å². The Morgan fingerprint density at radius 3 is 2.43 bits per heavy atom. The molecule has 2 aromatic rings. The van der Waals surface area contributed by atoms with Gasteiger partial charge in [-0.05, 0) is 63.4 Å². The van der Waals surface area contributed by atoms with Gasteiger partial charge in [0.1, 0.15) is 11.7 Å². The summed E-state index contributed by atoms with van der Waals surface area (Å²) in [5.41, 5.74) is 2.05. The number of benzene rings is 1. The molecule has 5 heteroatoms. The van der Waals surface area contributed by atoms with Gasteiger partial charge >= 0.3 is 0 Å². The van der Waals surface area contributed by atoms with Crippen LogP contribution < -0.4 is 4.90 Å². The van der Waals surface area contributed by atoms with E-state index in [2.05, 4.69) is 11.2 Å². The zero-order valence-electron chi connectivity index (χ0n) is 14.0. The first kappa shape index (κ1) is 15.7. The van der Waals surface area contributed by atoms with Crippen LogP contribution in [0.15, 0.2) is 30.5 Å². The largest absolute Gasteiger partial charge is 0.310 e. The standard InChI is InChI=1S/C18H22FN3O/c1-12-9-13(2)11-14(10-12)21-7-5-15(17(21)23)22-8-6-16(20-22)18(3,4)19/h6,8-11,15H,5,7H2,1-4H3. The van der Waals surface area contributed by atoms with Gasteiger partial charge in [0, 0.05) is 18.4 Å². The lowest BCUT2D eigenvalue weighted by Crippen LogP contribution is -2.28. The van der Waals surface area contributed by atoms with E-state index in [9.17, 15) is 9.18 Å². The first-order chi connectivity index (χ1) is 10.8. The molecule has 122 valence electrons. The highest BCUT2D eigenvalue weighted by atomic mass is 19.1. The molecule has 0 bridgehead atoms. The fourth-order valence-corrected chi connectivity index (χ4v) is 3.10. The van der Waals surface area contributed by atoms with Gasteiger partial charge in [-0.25, -0.2) is 4.39 Å². The molecule has 0 N–H and O–H groups in total. The SMILES string of the molecule is Cc1cc(C)cc(N2CCC(n3ccc(C(C)(C)F)n3)C2=O)c1. The van der Waals surface area contributed by atoms with E-state index in [0.717, 1.165) is 16.8 Å². The molecule has 0 aliphatic carbocycles. The van der Waals surface area contributed by atoms with Gasteiger partial charge in [-0.1, -0.05) is 6.07 Å². The predicted molar refractivity (Wildman–Crippen MR) is 88.3 cm³/mol. The average Bonchev–Trinajstić information content (AvgIpc) is 3.03. The summed E-state index contributed by atoms with van der Waals surface area (Å²) in [6, 6.07) is 7.42. The molecule has 4 nitrogen and oxygen atoms in total. The minimum atomic E-state index is -1.50. The molecule has 1 aliphatic heterocycles. The van der Waals surface area contributed by atoms with Gasteiger partial charge < -0.3 is 4.90 Å². The Balaban J connectivity index is 1.85. The topological polar surface area (TPSA) is 38.1 Å². The van der Waals surface area contributed by atoms with Crippen LogP contribution in [0.3, 0.4) is 0 Å². The number of carbonyl (C=O) groups is 1. The maximum absolute atomic E-state index is 14.0. The number of halogens is 1. The number of hydrogen-bond acceptors (Lipinski definition) is 2. The molecule has 0 spiro atoms. The molecule has 3 rings (SSSR count). The van der Waals surface area contributed by atoms with Gasteiger partial charge in [0.15, 0.2) is 0 Å². The van der Waals surface area contributed by atoms with Crippen LogP contribution in [0.1, 0.15) is 43.1 Å². The number of amides is 1. The Hall–Kier alpha value is -2.17. The van der Waals surface area contributed by atoms with Gasteiger partial charge in [-0.2, -0.15) is 5.10 Å². The third kappa shape index (κ3) is 3.00. The highest BCUT2D eigenvalue weighted by Crippen LogP contribution is 2.30. The van der Waals surface area contributed by atoms with E-state index in [4.69, 9.17) is 0 Å². The maximum Gasteiger partial charge on any atom is 0.251 e. The van der Waals surface area contributed by atoms with Gasteiger partial charge in [-0.3, -0.25) is 9.48 Å². The number of rotatable bonds is 3. The Kier molecular flexibility index (Phi) is 3.74. The molecule has 0 radical (unpaired) electrons. The number of nitrogens with zero attached hydrogens (tertiary/aromatic N) is 3. The minimum absolute atomic E-state index is 0.0151. The highest BCUT2D eigenvalue weighted by Gasteiger charge is 2.35. The monoisotopic (exact) mass is 315 g/mol. The smallest absolute Gasteiger partial charge is 0.251 e. The zero-order valence-corrected chi connectivity index (χ0v) is 14.0. The van der Waals surface area contributed by atoms with Crippen molar-refractivity contribution in [2.24, 2.45) is 0 Å². The van der Waals surface area contributed by atoms with Crippen LogP contribution in [0.25, 0.3) is 0 Å². The van der Waals surface area contributed by atoms with Gasteiger partial charge in [0.2, 0.25) is 0 Å². The Morgan fingerprint density at radius 2 is 1.87 bits per heavy atom. The average molecular weight is 315 g/mol. The van der Waals surface area contributed by atoms with Crippen LogP contribution in [-0.2, 0) is 10.5 Å². The molecular weight excluding hydrogens is 293 g/mol. The fourth-order valence-electron chi connectivity index (χ4n) is 3.10. The number of carbonyl (C=O) groups excluding carboxylic acids is 1. The molecule has 1 amide bonds. The summed E-state index contributed by atoms with van der Waals surface area (Å²) in [5.74, 6) is 0.0151. The van der Waals surface area contributed by atoms with E-state index < -0.39 is 5.67 Å². The van der Waals surface area contributed by atoms with Crippen molar-refractivity contribution in [3.05, 3.63) is 47.3 Å². The second kappa shape index (κ2) is 5.48. The third-order valence-electron chi connectivity index (χ3n) is 4.23. The van der Waals surface area contributed by atoms with Crippen molar-refractivity contribution in [3.63, 3.8) is 0 Å². The van der Waals surface area contributed by atoms with Crippen LogP contribution in [0.5, 0.6) is 0 Å². The molecule has 0 saturated carbocycles. The van der Waals surface area contributed by atoms with Crippen LogP contribution in [0, 0.1) is 13.8 Å². The normalized spacial score (nSPS) is 18.7. The zero-order chi connectivity index (χ0) is 16.8. The molecule has 2 heterocycles. The third-order valence-corrected chi connectivity index (χ3v) is 4.23. The van der Waals surface area contributed by atoms with Crippen molar-refractivity contribution in [2.45, 2.75) is 45.8 Å². The molecule has 1 atom stereocenters. The van der Waals surface area contributed by atoms with E-state index in [1.54, 1.807) is 21.8 Å².